The Bertz CT molecular complexity index is 796. The highest BCUT2D eigenvalue weighted by atomic mass is 32.2. The van der Waals surface area contributed by atoms with Crippen LogP contribution in [0.15, 0.2) is 45.7 Å². The summed E-state index contributed by atoms with van der Waals surface area (Å²) >= 11 is 0. The molecule has 130 valence electrons. The van der Waals surface area contributed by atoms with Crippen LogP contribution >= 0.6 is 0 Å². The van der Waals surface area contributed by atoms with Gasteiger partial charge in [-0.05, 0) is 56.1 Å². The van der Waals surface area contributed by atoms with Crippen LogP contribution in [0, 0.1) is 5.92 Å². The Balaban J connectivity index is 1.58. The molecule has 24 heavy (non-hydrogen) atoms. The summed E-state index contributed by atoms with van der Waals surface area (Å²) in [5.74, 6) is 3.36. The second kappa shape index (κ2) is 6.70. The molecule has 5 nitrogen and oxygen atoms in total. The molecule has 3 atom stereocenters. The minimum atomic E-state index is -3.39. The summed E-state index contributed by atoms with van der Waals surface area (Å²) in [4.78, 5) is 0.273. The van der Waals surface area contributed by atoms with Crippen LogP contribution in [-0.4, -0.2) is 15.5 Å². The fourth-order valence-corrected chi connectivity index (χ4v) is 3.56. The minimum absolute atomic E-state index is 0.102. The van der Waals surface area contributed by atoms with Gasteiger partial charge < -0.3 is 9.73 Å². The predicted molar refractivity (Wildman–Crippen MR) is 93.2 cm³/mol. The Morgan fingerprint density at radius 1 is 1.21 bits per heavy atom. The van der Waals surface area contributed by atoms with Crippen LogP contribution in [0.2, 0.25) is 0 Å². The first kappa shape index (κ1) is 17.2. The number of nitrogens with one attached hydrogen (secondary N) is 2. The zero-order valence-corrected chi connectivity index (χ0v) is 15.1. The van der Waals surface area contributed by atoms with Gasteiger partial charge in [-0.3, -0.25) is 0 Å². The Morgan fingerprint density at radius 3 is 2.46 bits per heavy atom. The van der Waals surface area contributed by atoms with Crippen molar-refractivity contribution in [3.8, 4) is 0 Å². The molecule has 3 unspecified atom stereocenters. The number of hydrogen-bond acceptors (Lipinski definition) is 4. The fraction of sp³-hybridized carbons (Fsp3) is 0.444. The second-order valence-electron chi connectivity index (χ2n) is 6.50. The number of sulfonamides is 1. The van der Waals surface area contributed by atoms with E-state index in [9.17, 15) is 8.42 Å². The smallest absolute Gasteiger partial charge is 0.240 e. The molecule has 0 saturated heterocycles. The molecule has 2 aromatic rings. The van der Waals surface area contributed by atoms with Gasteiger partial charge in [0, 0.05) is 12.0 Å². The van der Waals surface area contributed by atoms with E-state index in [0.717, 1.165) is 23.0 Å². The summed E-state index contributed by atoms with van der Waals surface area (Å²) in [7, 11) is -1.98. The summed E-state index contributed by atoms with van der Waals surface area (Å²) in [5, 5.41) is 3.41. The molecule has 3 rings (SSSR count). The first-order chi connectivity index (χ1) is 11.4. The monoisotopic (exact) mass is 348 g/mol. The number of rotatable bonds is 7. The van der Waals surface area contributed by atoms with Crippen molar-refractivity contribution in [2.75, 3.05) is 7.05 Å². The molecule has 1 aliphatic rings. The Morgan fingerprint density at radius 2 is 1.88 bits per heavy atom. The lowest BCUT2D eigenvalue weighted by molar-refractivity contribution is 0.430. The van der Waals surface area contributed by atoms with Crippen LogP contribution in [0.25, 0.3) is 0 Å². The molecular formula is C18H24N2O3S. The van der Waals surface area contributed by atoms with Crippen LogP contribution in [0.1, 0.15) is 49.3 Å². The van der Waals surface area contributed by atoms with Crippen LogP contribution < -0.4 is 10.0 Å². The van der Waals surface area contributed by atoms with Crippen molar-refractivity contribution < 1.29 is 12.8 Å². The second-order valence-corrected chi connectivity index (χ2v) is 8.39. The van der Waals surface area contributed by atoms with Gasteiger partial charge in [-0.15, -0.1) is 0 Å². The standard InChI is InChI=1S/C18H24N2O3S/c1-12-10-17(12)18-9-6-15(23-18)11-20-13(2)14-4-7-16(8-5-14)24(21,22)19-3/h4-9,12-13,17,19-20H,10-11H2,1-3H3. The molecule has 0 radical (unpaired) electrons. The minimum Gasteiger partial charge on any atom is -0.464 e. The average Bonchev–Trinajstić information content (AvgIpc) is 3.13. The highest BCUT2D eigenvalue weighted by Gasteiger charge is 2.36. The van der Waals surface area contributed by atoms with Crippen molar-refractivity contribution in [3.63, 3.8) is 0 Å². The van der Waals surface area contributed by atoms with Crippen molar-refractivity contribution in [1.29, 1.82) is 0 Å². The molecule has 1 saturated carbocycles. The van der Waals surface area contributed by atoms with Crippen LogP contribution in [0.3, 0.4) is 0 Å². The Kier molecular flexibility index (Phi) is 4.80. The molecule has 0 spiro atoms. The van der Waals surface area contributed by atoms with Crippen molar-refractivity contribution in [3.05, 3.63) is 53.5 Å². The number of furan rings is 1. The summed E-state index contributed by atoms with van der Waals surface area (Å²) in [6.45, 7) is 4.94. The van der Waals surface area contributed by atoms with Gasteiger partial charge in [0.25, 0.3) is 0 Å². The third-order valence-corrected chi connectivity index (χ3v) is 6.13. The summed E-state index contributed by atoms with van der Waals surface area (Å²) in [6.07, 6.45) is 1.22. The van der Waals surface area contributed by atoms with E-state index in [0.29, 0.717) is 12.5 Å². The van der Waals surface area contributed by atoms with Crippen molar-refractivity contribution >= 4 is 10.0 Å². The van der Waals surface area contributed by atoms with Crippen molar-refractivity contribution in [2.24, 2.45) is 5.92 Å². The van der Waals surface area contributed by atoms with Gasteiger partial charge in [0.2, 0.25) is 10.0 Å². The molecule has 1 aromatic heterocycles. The third-order valence-electron chi connectivity index (χ3n) is 4.70. The Hall–Kier alpha value is -1.63. The molecule has 0 amide bonds. The number of hydrogen-bond donors (Lipinski definition) is 2. The maximum atomic E-state index is 11.7. The first-order valence-electron chi connectivity index (χ1n) is 8.26. The van der Waals surface area contributed by atoms with E-state index in [1.807, 2.05) is 25.1 Å². The quantitative estimate of drug-likeness (QED) is 0.806. The fourth-order valence-electron chi connectivity index (χ4n) is 2.83. The van der Waals surface area contributed by atoms with E-state index in [1.165, 1.54) is 13.5 Å². The highest BCUT2D eigenvalue weighted by Crippen LogP contribution is 2.47. The van der Waals surface area contributed by atoms with Crippen molar-refractivity contribution in [1.82, 2.24) is 10.0 Å². The van der Waals surface area contributed by atoms with Gasteiger partial charge in [-0.2, -0.15) is 0 Å². The average molecular weight is 348 g/mol. The van der Waals surface area contributed by atoms with Gasteiger partial charge in [0.15, 0.2) is 0 Å². The molecule has 2 N–H and O–H groups in total. The van der Waals surface area contributed by atoms with E-state index >= 15 is 0 Å². The summed E-state index contributed by atoms with van der Waals surface area (Å²) in [5.41, 5.74) is 1.03. The maximum Gasteiger partial charge on any atom is 0.240 e. The normalized spacial score (nSPS) is 21.6. The van der Waals surface area contributed by atoms with Crippen molar-refractivity contribution in [2.45, 2.75) is 43.7 Å². The summed E-state index contributed by atoms with van der Waals surface area (Å²) < 4.78 is 31.7. The van der Waals surface area contributed by atoms with E-state index < -0.39 is 10.0 Å². The van der Waals surface area contributed by atoms with Gasteiger partial charge in [-0.1, -0.05) is 19.1 Å². The van der Waals surface area contributed by atoms with E-state index in [2.05, 4.69) is 23.0 Å². The predicted octanol–water partition coefficient (Wildman–Crippen LogP) is 3.16. The zero-order valence-electron chi connectivity index (χ0n) is 14.2. The number of benzene rings is 1. The van der Waals surface area contributed by atoms with E-state index in [-0.39, 0.29) is 10.9 Å². The molecule has 0 bridgehead atoms. The largest absolute Gasteiger partial charge is 0.464 e. The lowest BCUT2D eigenvalue weighted by Crippen LogP contribution is -2.20. The molecular weight excluding hydrogens is 324 g/mol. The lowest BCUT2D eigenvalue weighted by Gasteiger charge is -2.14. The maximum absolute atomic E-state index is 11.7. The molecule has 1 heterocycles. The van der Waals surface area contributed by atoms with E-state index in [1.54, 1.807) is 12.1 Å². The topological polar surface area (TPSA) is 71.3 Å². The lowest BCUT2D eigenvalue weighted by atomic mass is 10.1. The van der Waals surface area contributed by atoms with E-state index in [4.69, 9.17) is 4.42 Å². The molecule has 1 aromatic carbocycles. The van der Waals surface area contributed by atoms with Crippen LogP contribution in [0.5, 0.6) is 0 Å². The molecule has 1 aliphatic carbocycles. The van der Waals surface area contributed by atoms with Gasteiger partial charge in [0.1, 0.15) is 11.5 Å². The summed E-state index contributed by atoms with van der Waals surface area (Å²) in [6, 6.07) is 11.1. The van der Waals surface area contributed by atoms with Gasteiger partial charge in [-0.25, -0.2) is 13.1 Å². The molecule has 1 fully saturated rings. The first-order valence-corrected chi connectivity index (χ1v) is 9.74. The van der Waals surface area contributed by atoms with Crippen LogP contribution in [-0.2, 0) is 16.6 Å². The SMILES string of the molecule is CNS(=O)(=O)c1ccc(C(C)NCc2ccc(C3CC3C)o2)cc1. The third kappa shape index (κ3) is 3.71. The molecule has 6 heteroatoms. The highest BCUT2D eigenvalue weighted by molar-refractivity contribution is 7.89. The van der Waals surface area contributed by atoms with Gasteiger partial charge >= 0.3 is 0 Å². The van der Waals surface area contributed by atoms with Crippen LogP contribution in [0.4, 0.5) is 0 Å². The zero-order chi connectivity index (χ0) is 17.3. The molecule has 0 aliphatic heterocycles. The van der Waals surface area contributed by atoms with Gasteiger partial charge in [0.05, 0.1) is 11.4 Å². The Labute approximate surface area is 143 Å².